The van der Waals surface area contributed by atoms with E-state index in [1.54, 1.807) is 31.0 Å². The molecule has 106 valence electrons. The molecule has 1 amide bonds. The van der Waals surface area contributed by atoms with Gasteiger partial charge in [0, 0.05) is 7.05 Å². The van der Waals surface area contributed by atoms with Gasteiger partial charge in [0.15, 0.2) is 0 Å². The maximum absolute atomic E-state index is 12.4. The van der Waals surface area contributed by atoms with Crippen molar-refractivity contribution in [2.45, 2.75) is 44.8 Å². The summed E-state index contributed by atoms with van der Waals surface area (Å²) < 4.78 is 0. The summed E-state index contributed by atoms with van der Waals surface area (Å²) in [5, 5.41) is 18.9. The van der Waals surface area contributed by atoms with Crippen LogP contribution in [0.25, 0.3) is 0 Å². The van der Waals surface area contributed by atoms with E-state index in [2.05, 4.69) is 4.98 Å². The highest BCUT2D eigenvalue weighted by Crippen LogP contribution is 2.23. The molecule has 1 saturated carbocycles. The van der Waals surface area contributed by atoms with E-state index in [-0.39, 0.29) is 11.9 Å². The molecular weight excluding hydrogens is 254 g/mol. The molecule has 2 rings (SSSR count). The van der Waals surface area contributed by atoms with Crippen LogP contribution in [-0.2, 0) is 0 Å². The molecule has 0 aliphatic heterocycles. The Morgan fingerprint density at radius 3 is 2.75 bits per heavy atom. The fourth-order valence-electron chi connectivity index (χ4n) is 2.67. The average molecular weight is 273 g/mol. The third-order valence-corrected chi connectivity index (χ3v) is 3.94. The van der Waals surface area contributed by atoms with Gasteiger partial charge in [0.2, 0.25) is 0 Å². The number of carbonyl (C=O) groups is 1. The van der Waals surface area contributed by atoms with E-state index in [0.29, 0.717) is 17.0 Å². The lowest BCUT2D eigenvalue weighted by Crippen LogP contribution is -2.46. The summed E-state index contributed by atoms with van der Waals surface area (Å²) in [6, 6.07) is 5.07. The number of nitriles is 1. The molecule has 1 aromatic rings. The summed E-state index contributed by atoms with van der Waals surface area (Å²) in [4.78, 5) is 18.2. The first kappa shape index (κ1) is 14.5. The largest absolute Gasteiger partial charge is 0.391 e. The number of amides is 1. The lowest BCUT2D eigenvalue weighted by atomic mass is 9.91. The van der Waals surface area contributed by atoms with Crippen LogP contribution in [0, 0.1) is 18.3 Å². The van der Waals surface area contributed by atoms with E-state index < -0.39 is 6.10 Å². The van der Waals surface area contributed by atoms with Crippen LogP contribution in [0.1, 0.15) is 47.4 Å². The Morgan fingerprint density at radius 1 is 1.45 bits per heavy atom. The SMILES string of the molecule is Cc1nc(C(=O)N(C)C2CCCCC2O)ccc1C#N. The highest BCUT2D eigenvalue weighted by Gasteiger charge is 2.30. The van der Waals surface area contributed by atoms with Gasteiger partial charge < -0.3 is 10.0 Å². The van der Waals surface area contributed by atoms with E-state index in [1.165, 1.54) is 0 Å². The van der Waals surface area contributed by atoms with Gasteiger partial charge >= 0.3 is 0 Å². The molecule has 2 unspecified atom stereocenters. The van der Waals surface area contributed by atoms with Crippen molar-refractivity contribution in [2.75, 3.05) is 7.05 Å². The van der Waals surface area contributed by atoms with Crippen molar-refractivity contribution in [2.24, 2.45) is 0 Å². The third kappa shape index (κ3) is 2.81. The molecule has 1 fully saturated rings. The van der Waals surface area contributed by atoms with Gasteiger partial charge in [-0.05, 0) is 31.9 Å². The molecule has 1 aromatic heterocycles. The van der Waals surface area contributed by atoms with Crippen molar-refractivity contribution in [1.82, 2.24) is 9.88 Å². The van der Waals surface area contributed by atoms with Gasteiger partial charge in [0.1, 0.15) is 11.8 Å². The standard InChI is InChI=1S/C15H19N3O2/c1-10-11(9-16)7-8-12(17-10)15(20)18(2)13-5-3-4-6-14(13)19/h7-8,13-14,19H,3-6H2,1-2H3. The van der Waals surface area contributed by atoms with Crippen LogP contribution in [-0.4, -0.2) is 40.1 Å². The minimum atomic E-state index is -0.461. The molecule has 0 spiro atoms. The molecule has 1 heterocycles. The normalized spacial score (nSPS) is 22.1. The van der Waals surface area contributed by atoms with Crippen molar-refractivity contribution in [3.8, 4) is 6.07 Å². The number of aromatic nitrogens is 1. The van der Waals surface area contributed by atoms with Crippen LogP contribution in [0.4, 0.5) is 0 Å². The molecule has 5 heteroatoms. The Bertz CT molecular complexity index is 551. The highest BCUT2D eigenvalue weighted by atomic mass is 16.3. The zero-order valence-electron chi connectivity index (χ0n) is 11.8. The van der Waals surface area contributed by atoms with Crippen LogP contribution in [0.3, 0.4) is 0 Å². The number of nitrogens with zero attached hydrogens (tertiary/aromatic N) is 3. The zero-order chi connectivity index (χ0) is 14.7. The molecule has 1 N–H and O–H groups in total. The lowest BCUT2D eigenvalue weighted by molar-refractivity contribution is 0.0264. The predicted molar refractivity (Wildman–Crippen MR) is 74.0 cm³/mol. The first-order valence-corrected chi connectivity index (χ1v) is 6.87. The van der Waals surface area contributed by atoms with Crippen molar-refractivity contribution < 1.29 is 9.90 Å². The second-order valence-electron chi connectivity index (χ2n) is 5.28. The molecule has 0 aromatic carbocycles. The smallest absolute Gasteiger partial charge is 0.272 e. The molecule has 1 aliphatic rings. The fourth-order valence-corrected chi connectivity index (χ4v) is 2.67. The van der Waals surface area contributed by atoms with Crippen LogP contribution < -0.4 is 0 Å². The topological polar surface area (TPSA) is 77.2 Å². The van der Waals surface area contributed by atoms with Gasteiger partial charge in [-0.2, -0.15) is 5.26 Å². The number of pyridine rings is 1. The minimum absolute atomic E-state index is 0.144. The summed E-state index contributed by atoms with van der Waals surface area (Å²) >= 11 is 0. The fraction of sp³-hybridized carbons (Fsp3) is 0.533. The van der Waals surface area contributed by atoms with Crippen molar-refractivity contribution in [3.05, 3.63) is 29.1 Å². The van der Waals surface area contributed by atoms with Crippen molar-refractivity contribution >= 4 is 5.91 Å². The Hall–Kier alpha value is -1.93. The first-order valence-electron chi connectivity index (χ1n) is 6.87. The monoisotopic (exact) mass is 273 g/mol. The molecule has 2 atom stereocenters. The number of carbonyl (C=O) groups excluding carboxylic acids is 1. The summed E-state index contributed by atoms with van der Waals surface area (Å²) in [6.45, 7) is 1.71. The number of hydrogen-bond acceptors (Lipinski definition) is 4. The molecule has 1 aliphatic carbocycles. The van der Waals surface area contributed by atoms with E-state index in [4.69, 9.17) is 5.26 Å². The van der Waals surface area contributed by atoms with Crippen molar-refractivity contribution in [1.29, 1.82) is 5.26 Å². The minimum Gasteiger partial charge on any atom is -0.391 e. The molecule has 5 nitrogen and oxygen atoms in total. The Labute approximate surface area is 118 Å². The van der Waals surface area contributed by atoms with Crippen LogP contribution >= 0.6 is 0 Å². The van der Waals surface area contributed by atoms with E-state index >= 15 is 0 Å². The number of rotatable bonds is 2. The van der Waals surface area contributed by atoms with E-state index in [1.807, 2.05) is 6.07 Å². The summed E-state index contributed by atoms with van der Waals surface area (Å²) in [5.41, 5.74) is 1.35. The number of aliphatic hydroxyl groups excluding tert-OH is 1. The van der Waals surface area contributed by atoms with Crippen molar-refractivity contribution in [3.63, 3.8) is 0 Å². The summed E-state index contributed by atoms with van der Waals surface area (Å²) in [5.74, 6) is -0.205. The average Bonchev–Trinajstić information content (AvgIpc) is 2.46. The summed E-state index contributed by atoms with van der Waals surface area (Å²) in [6.07, 6.45) is 3.13. The zero-order valence-corrected chi connectivity index (χ0v) is 11.8. The second kappa shape index (κ2) is 6.02. The van der Waals surface area contributed by atoms with Gasteiger partial charge in [0.25, 0.3) is 5.91 Å². The number of hydrogen-bond donors (Lipinski definition) is 1. The molecule has 0 radical (unpaired) electrons. The third-order valence-electron chi connectivity index (χ3n) is 3.94. The van der Waals surface area contributed by atoms with E-state index in [0.717, 1.165) is 25.7 Å². The van der Waals surface area contributed by atoms with Crippen LogP contribution in [0.2, 0.25) is 0 Å². The quantitative estimate of drug-likeness (QED) is 0.888. The van der Waals surface area contributed by atoms with Gasteiger partial charge in [-0.15, -0.1) is 0 Å². The summed E-state index contributed by atoms with van der Waals surface area (Å²) in [7, 11) is 1.71. The maximum atomic E-state index is 12.4. The Balaban J connectivity index is 2.18. The Morgan fingerprint density at radius 2 is 2.15 bits per heavy atom. The van der Waals surface area contributed by atoms with Gasteiger partial charge in [0.05, 0.1) is 23.4 Å². The first-order chi connectivity index (χ1) is 9.54. The predicted octanol–water partition coefficient (Wildman–Crippen LogP) is 1.64. The molecule has 0 bridgehead atoms. The van der Waals surface area contributed by atoms with Gasteiger partial charge in [-0.3, -0.25) is 4.79 Å². The highest BCUT2D eigenvalue weighted by molar-refractivity contribution is 5.92. The lowest BCUT2D eigenvalue weighted by Gasteiger charge is -2.35. The van der Waals surface area contributed by atoms with Crippen LogP contribution in [0.15, 0.2) is 12.1 Å². The molecule has 0 saturated heterocycles. The molecular formula is C15H19N3O2. The molecule has 20 heavy (non-hydrogen) atoms. The van der Waals surface area contributed by atoms with Crippen LogP contribution in [0.5, 0.6) is 0 Å². The second-order valence-corrected chi connectivity index (χ2v) is 5.28. The Kier molecular flexibility index (Phi) is 4.35. The van der Waals surface area contributed by atoms with Gasteiger partial charge in [-0.1, -0.05) is 12.8 Å². The van der Waals surface area contributed by atoms with E-state index in [9.17, 15) is 9.90 Å². The maximum Gasteiger partial charge on any atom is 0.272 e. The van der Waals surface area contributed by atoms with Gasteiger partial charge in [-0.25, -0.2) is 4.98 Å². The number of likely N-dealkylation sites (N-methyl/N-ethyl adjacent to an activating group) is 1. The number of aryl methyl sites for hydroxylation is 1. The number of aliphatic hydroxyl groups is 1.